The molecule has 0 spiro atoms. The highest BCUT2D eigenvalue weighted by Gasteiger charge is 2.17. The van der Waals surface area contributed by atoms with Crippen LogP contribution >= 0.6 is 11.3 Å². The molecule has 1 aliphatic heterocycles. The van der Waals surface area contributed by atoms with Crippen LogP contribution in [0.15, 0.2) is 5.38 Å². The molecule has 1 aliphatic rings. The molecule has 0 amide bonds. The average Bonchev–Trinajstić information content (AvgIpc) is 2.77. The second kappa shape index (κ2) is 4.72. The van der Waals surface area contributed by atoms with Gasteiger partial charge in [0.15, 0.2) is 0 Å². The molecular weight excluding hydrogens is 214 g/mol. The summed E-state index contributed by atoms with van der Waals surface area (Å²) in [5.41, 5.74) is 0.668. The number of aliphatic carboxylic acids is 1. The van der Waals surface area contributed by atoms with E-state index in [1.165, 1.54) is 0 Å². The van der Waals surface area contributed by atoms with Gasteiger partial charge in [-0.05, 0) is 12.3 Å². The fourth-order valence-electron chi connectivity index (χ4n) is 1.67. The highest BCUT2D eigenvalue weighted by atomic mass is 32.1. The van der Waals surface area contributed by atoms with Crippen molar-refractivity contribution in [2.45, 2.75) is 19.3 Å². The number of carboxylic acid groups (broad SMARTS) is 1. The van der Waals surface area contributed by atoms with Crippen LogP contribution in [-0.2, 0) is 22.4 Å². The Morgan fingerprint density at radius 3 is 3.27 bits per heavy atom. The van der Waals surface area contributed by atoms with Gasteiger partial charge in [0, 0.05) is 25.0 Å². The molecule has 0 saturated carbocycles. The van der Waals surface area contributed by atoms with E-state index >= 15 is 0 Å². The quantitative estimate of drug-likeness (QED) is 0.843. The molecule has 5 heteroatoms. The van der Waals surface area contributed by atoms with Gasteiger partial charge < -0.3 is 9.84 Å². The number of carbonyl (C=O) groups is 1. The molecule has 2 rings (SSSR count). The van der Waals surface area contributed by atoms with E-state index in [-0.39, 0.29) is 6.42 Å². The molecule has 0 aromatic carbocycles. The van der Waals surface area contributed by atoms with Crippen LogP contribution < -0.4 is 0 Å². The zero-order valence-corrected chi connectivity index (χ0v) is 9.13. The van der Waals surface area contributed by atoms with Crippen LogP contribution in [0.2, 0.25) is 0 Å². The summed E-state index contributed by atoms with van der Waals surface area (Å²) >= 11 is 1.55. The van der Waals surface area contributed by atoms with Crippen LogP contribution in [0.3, 0.4) is 0 Å². The third-order valence-electron chi connectivity index (χ3n) is 2.42. The molecule has 0 aliphatic carbocycles. The highest BCUT2D eigenvalue weighted by molar-refractivity contribution is 7.09. The average molecular weight is 227 g/mol. The molecule has 4 nitrogen and oxygen atoms in total. The van der Waals surface area contributed by atoms with Gasteiger partial charge in [-0.1, -0.05) is 0 Å². The Balaban J connectivity index is 1.91. The number of aromatic nitrogens is 1. The van der Waals surface area contributed by atoms with Gasteiger partial charge in [0.2, 0.25) is 0 Å². The number of hydrogen-bond donors (Lipinski definition) is 1. The van der Waals surface area contributed by atoms with Crippen molar-refractivity contribution in [3.8, 4) is 0 Å². The van der Waals surface area contributed by atoms with E-state index in [9.17, 15) is 4.79 Å². The third-order valence-corrected chi connectivity index (χ3v) is 3.34. The minimum absolute atomic E-state index is 0.0255. The molecule has 82 valence electrons. The number of thiazole rings is 1. The van der Waals surface area contributed by atoms with E-state index < -0.39 is 5.97 Å². The van der Waals surface area contributed by atoms with Crippen molar-refractivity contribution in [1.82, 2.24) is 4.98 Å². The van der Waals surface area contributed by atoms with Crippen molar-refractivity contribution >= 4 is 17.3 Å². The number of rotatable bonds is 4. The van der Waals surface area contributed by atoms with Crippen LogP contribution in [0.5, 0.6) is 0 Å². The van der Waals surface area contributed by atoms with E-state index in [1.54, 1.807) is 11.3 Å². The van der Waals surface area contributed by atoms with Crippen LogP contribution in [0.1, 0.15) is 17.1 Å². The lowest BCUT2D eigenvalue weighted by molar-refractivity contribution is -0.136. The van der Waals surface area contributed by atoms with Crippen molar-refractivity contribution in [3.63, 3.8) is 0 Å². The minimum atomic E-state index is -0.823. The van der Waals surface area contributed by atoms with E-state index in [0.717, 1.165) is 31.1 Å². The molecule has 1 atom stereocenters. The van der Waals surface area contributed by atoms with Crippen molar-refractivity contribution in [1.29, 1.82) is 0 Å². The first-order valence-corrected chi connectivity index (χ1v) is 5.85. The Morgan fingerprint density at radius 1 is 1.73 bits per heavy atom. The molecule has 0 bridgehead atoms. The lowest BCUT2D eigenvalue weighted by Gasteiger charge is -2.02. The Labute approximate surface area is 91.9 Å². The van der Waals surface area contributed by atoms with Gasteiger partial charge in [0.05, 0.1) is 17.1 Å². The van der Waals surface area contributed by atoms with Gasteiger partial charge >= 0.3 is 5.97 Å². The first-order chi connectivity index (χ1) is 7.24. The van der Waals surface area contributed by atoms with Gasteiger partial charge in [0.25, 0.3) is 0 Å². The van der Waals surface area contributed by atoms with Crippen molar-refractivity contribution in [2.75, 3.05) is 13.2 Å². The summed E-state index contributed by atoms with van der Waals surface area (Å²) < 4.78 is 5.28. The summed E-state index contributed by atoms with van der Waals surface area (Å²) in [4.78, 5) is 14.8. The minimum Gasteiger partial charge on any atom is -0.481 e. The van der Waals surface area contributed by atoms with Gasteiger partial charge in [-0.2, -0.15) is 0 Å². The zero-order valence-electron chi connectivity index (χ0n) is 8.31. The Hall–Kier alpha value is -0.940. The van der Waals surface area contributed by atoms with Crippen LogP contribution in [0.4, 0.5) is 0 Å². The monoisotopic (exact) mass is 227 g/mol. The summed E-state index contributed by atoms with van der Waals surface area (Å²) in [6, 6.07) is 0. The van der Waals surface area contributed by atoms with Crippen LogP contribution in [-0.4, -0.2) is 29.3 Å². The standard InChI is InChI=1S/C10H13NO3S/c12-10(13)4-8-6-15-9(11-8)3-7-1-2-14-5-7/h6-7H,1-5H2,(H,12,13). The van der Waals surface area contributed by atoms with Gasteiger partial charge in [-0.3, -0.25) is 4.79 Å². The molecule has 1 N–H and O–H groups in total. The zero-order chi connectivity index (χ0) is 10.7. The largest absolute Gasteiger partial charge is 0.481 e. The summed E-state index contributed by atoms with van der Waals surface area (Å²) in [7, 11) is 0. The van der Waals surface area contributed by atoms with Crippen LogP contribution in [0, 0.1) is 5.92 Å². The first kappa shape index (κ1) is 10.6. The van der Waals surface area contributed by atoms with Crippen molar-refractivity contribution in [2.24, 2.45) is 5.92 Å². The number of nitrogens with zero attached hydrogens (tertiary/aromatic N) is 1. The fraction of sp³-hybridized carbons (Fsp3) is 0.600. The lowest BCUT2D eigenvalue weighted by atomic mass is 10.1. The maximum atomic E-state index is 10.5. The molecule has 15 heavy (non-hydrogen) atoms. The summed E-state index contributed by atoms with van der Waals surface area (Å²) in [6.07, 6.45) is 2.04. The molecular formula is C10H13NO3S. The van der Waals surface area contributed by atoms with E-state index in [0.29, 0.717) is 11.6 Å². The Kier molecular flexibility index (Phi) is 3.33. The molecule has 1 saturated heterocycles. The van der Waals surface area contributed by atoms with E-state index in [1.807, 2.05) is 5.38 Å². The second-order valence-electron chi connectivity index (χ2n) is 3.74. The first-order valence-electron chi connectivity index (χ1n) is 4.97. The van der Waals surface area contributed by atoms with Crippen molar-refractivity contribution in [3.05, 3.63) is 16.1 Å². The molecule has 1 aromatic rings. The molecule has 2 heterocycles. The second-order valence-corrected chi connectivity index (χ2v) is 4.68. The molecule has 0 radical (unpaired) electrons. The maximum absolute atomic E-state index is 10.5. The molecule has 1 fully saturated rings. The molecule has 1 aromatic heterocycles. The lowest BCUT2D eigenvalue weighted by Crippen LogP contribution is -2.04. The summed E-state index contributed by atoms with van der Waals surface area (Å²) in [5.74, 6) is -0.259. The predicted octanol–water partition coefficient (Wildman–Crippen LogP) is 1.35. The Bertz CT molecular complexity index is 344. The number of hydrogen-bond acceptors (Lipinski definition) is 4. The van der Waals surface area contributed by atoms with E-state index in [2.05, 4.69) is 4.98 Å². The topological polar surface area (TPSA) is 59.4 Å². The van der Waals surface area contributed by atoms with E-state index in [4.69, 9.17) is 9.84 Å². The fourth-order valence-corrected chi connectivity index (χ4v) is 2.58. The van der Waals surface area contributed by atoms with Gasteiger partial charge in [0.1, 0.15) is 0 Å². The third kappa shape index (κ3) is 3.00. The van der Waals surface area contributed by atoms with Gasteiger partial charge in [-0.25, -0.2) is 4.98 Å². The summed E-state index contributed by atoms with van der Waals surface area (Å²) in [6.45, 7) is 1.66. The highest BCUT2D eigenvalue weighted by Crippen LogP contribution is 2.20. The normalized spacial score (nSPS) is 20.7. The molecule has 1 unspecified atom stereocenters. The number of carboxylic acids is 1. The summed E-state index contributed by atoms with van der Waals surface area (Å²) in [5, 5.41) is 11.5. The maximum Gasteiger partial charge on any atom is 0.309 e. The Morgan fingerprint density at radius 2 is 2.60 bits per heavy atom. The smallest absolute Gasteiger partial charge is 0.309 e. The number of ether oxygens (including phenoxy) is 1. The van der Waals surface area contributed by atoms with Gasteiger partial charge in [-0.15, -0.1) is 11.3 Å². The van der Waals surface area contributed by atoms with Crippen LogP contribution in [0.25, 0.3) is 0 Å². The van der Waals surface area contributed by atoms with Crippen molar-refractivity contribution < 1.29 is 14.6 Å². The SMILES string of the molecule is O=C(O)Cc1csc(CC2CCOC2)n1. The predicted molar refractivity (Wildman–Crippen MR) is 56.1 cm³/mol.